The Hall–Kier alpha value is -4.19. The van der Waals surface area contributed by atoms with Crippen molar-refractivity contribution in [2.45, 2.75) is 11.8 Å². The van der Waals surface area contributed by atoms with Crippen molar-refractivity contribution in [1.29, 1.82) is 0 Å². The lowest BCUT2D eigenvalue weighted by atomic mass is 10.2. The summed E-state index contributed by atoms with van der Waals surface area (Å²) in [6, 6.07) is 11.9. The second-order valence-electron chi connectivity index (χ2n) is 6.21. The van der Waals surface area contributed by atoms with E-state index in [1.165, 1.54) is 36.5 Å². The van der Waals surface area contributed by atoms with Crippen LogP contribution in [-0.2, 0) is 10.0 Å². The number of hydrogen-bond acceptors (Lipinski definition) is 8. The molecule has 0 saturated heterocycles. The van der Waals surface area contributed by atoms with Gasteiger partial charge in [0.05, 0.1) is 27.3 Å². The minimum Gasteiger partial charge on any atom is -0.478 e. The average Bonchev–Trinajstić information content (AvgIpc) is 3.13. The van der Waals surface area contributed by atoms with Crippen LogP contribution in [0.3, 0.4) is 0 Å². The van der Waals surface area contributed by atoms with Gasteiger partial charge >= 0.3 is 5.97 Å². The molecule has 31 heavy (non-hydrogen) atoms. The molecular weight excluding hydrogens is 428 g/mol. The van der Waals surface area contributed by atoms with Crippen molar-refractivity contribution in [3.05, 3.63) is 81.8 Å². The smallest absolute Gasteiger partial charge is 0.337 e. The first-order chi connectivity index (χ1) is 14.7. The lowest BCUT2D eigenvalue weighted by Gasteiger charge is -2.11. The van der Waals surface area contributed by atoms with Crippen LogP contribution in [0.1, 0.15) is 21.9 Å². The van der Waals surface area contributed by atoms with Gasteiger partial charge < -0.3 is 9.52 Å². The topological polar surface area (TPSA) is 164 Å². The molecule has 1 heterocycles. The number of carboxylic acid groups (broad SMARTS) is 1. The molecular formula is C19H16N4O7S. The largest absolute Gasteiger partial charge is 0.478 e. The van der Waals surface area contributed by atoms with Gasteiger partial charge in [0.25, 0.3) is 15.7 Å². The van der Waals surface area contributed by atoms with Crippen LogP contribution in [0, 0.1) is 17.0 Å². The van der Waals surface area contributed by atoms with Crippen LogP contribution in [0.15, 0.2) is 69.0 Å². The zero-order chi connectivity index (χ0) is 22.6. The maximum atomic E-state index is 12.7. The number of aryl methyl sites for hydroxylation is 1. The molecule has 0 amide bonds. The number of nitrogens with zero attached hydrogens (tertiary/aromatic N) is 2. The van der Waals surface area contributed by atoms with Gasteiger partial charge in [-0.15, -0.1) is 0 Å². The number of carboxylic acids is 1. The fourth-order valence-electron chi connectivity index (χ4n) is 2.57. The molecule has 0 aliphatic carbocycles. The van der Waals surface area contributed by atoms with E-state index in [2.05, 4.69) is 15.2 Å². The van der Waals surface area contributed by atoms with E-state index in [-0.39, 0.29) is 16.9 Å². The number of hydrogen-bond donors (Lipinski definition) is 3. The minimum atomic E-state index is -4.30. The molecule has 0 aliphatic heterocycles. The van der Waals surface area contributed by atoms with Crippen molar-refractivity contribution in [2.75, 3.05) is 10.1 Å². The number of nitro benzene ring substituents is 1. The van der Waals surface area contributed by atoms with Crippen LogP contribution < -0.4 is 10.1 Å². The number of aromatic carboxylic acids is 1. The molecule has 12 heteroatoms. The summed E-state index contributed by atoms with van der Waals surface area (Å²) in [5, 5.41) is 24.5. The molecule has 3 aromatic rings. The molecule has 160 valence electrons. The van der Waals surface area contributed by atoms with Gasteiger partial charge in [-0.1, -0.05) is 12.1 Å². The van der Waals surface area contributed by atoms with Crippen molar-refractivity contribution in [3.63, 3.8) is 0 Å². The van der Waals surface area contributed by atoms with Gasteiger partial charge in [0.2, 0.25) is 0 Å². The molecule has 2 aromatic carbocycles. The van der Waals surface area contributed by atoms with E-state index in [0.29, 0.717) is 11.5 Å². The molecule has 3 N–H and O–H groups in total. The van der Waals surface area contributed by atoms with Crippen molar-refractivity contribution in [1.82, 2.24) is 0 Å². The predicted molar refractivity (Wildman–Crippen MR) is 112 cm³/mol. The van der Waals surface area contributed by atoms with Gasteiger partial charge in [-0.3, -0.25) is 20.3 Å². The van der Waals surface area contributed by atoms with E-state index in [1.807, 2.05) is 0 Å². The van der Waals surface area contributed by atoms with Crippen LogP contribution in [0.4, 0.5) is 17.1 Å². The van der Waals surface area contributed by atoms with Gasteiger partial charge in [-0.2, -0.15) is 5.10 Å². The highest BCUT2D eigenvalue weighted by molar-refractivity contribution is 7.92. The van der Waals surface area contributed by atoms with Crippen molar-refractivity contribution < 1.29 is 27.7 Å². The molecule has 0 bridgehead atoms. The maximum absolute atomic E-state index is 12.7. The number of anilines is 2. The molecule has 0 aliphatic rings. The summed E-state index contributed by atoms with van der Waals surface area (Å²) in [5.41, 5.74) is 1.46. The fraction of sp³-hybridized carbons (Fsp3) is 0.0526. The zero-order valence-electron chi connectivity index (χ0n) is 16.0. The Morgan fingerprint density at radius 2 is 1.90 bits per heavy atom. The Balaban J connectivity index is 1.88. The van der Waals surface area contributed by atoms with Crippen LogP contribution in [-0.4, -0.2) is 30.6 Å². The molecule has 0 saturated carbocycles. The van der Waals surface area contributed by atoms with Crippen LogP contribution in [0.25, 0.3) is 0 Å². The summed E-state index contributed by atoms with van der Waals surface area (Å²) in [6.45, 7) is 1.75. The third-order valence-corrected chi connectivity index (χ3v) is 5.38. The molecule has 0 atom stereocenters. The molecule has 0 radical (unpaired) electrons. The SMILES string of the molecule is Cc1ccc(C=NNc2ccc(S(=O)(=O)Nc3ccccc3C(=O)O)cc2[N+](=O)[O-])o1. The second kappa shape index (κ2) is 8.67. The third kappa shape index (κ3) is 5.05. The van der Waals surface area contributed by atoms with E-state index in [1.54, 1.807) is 19.1 Å². The molecule has 0 unspecified atom stereocenters. The number of carbonyl (C=O) groups is 1. The molecule has 0 spiro atoms. The zero-order valence-corrected chi connectivity index (χ0v) is 16.8. The van der Waals surface area contributed by atoms with Crippen LogP contribution >= 0.6 is 0 Å². The van der Waals surface area contributed by atoms with Gasteiger partial charge in [0.1, 0.15) is 17.2 Å². The summed E-state index contributed by atoms with van der Waals surface area (Å²) in [5.74, 6) is -0.236. The summed E-state index contributed by atoms with van der Waals surface area (Å²) < 4.78 is 32.8. The molecule has 1 aromatic heterocycles. The van der Waals surface area contributed by atoms with E-state index in [4.69, 9.17) is 4.42 Å². The summed E-state index contributed by atoms with van der Waals surface area (Å²) in [7, 11) is -4.30. The highest BCUT2D eigenvalue weighted by Crippen LogP contribution is 2.29. The summed E-state index contributed by atoms with van der Waals surface area (Å²) in [6.07, 6.45) is 1.31. The predicted octanol–water partition coefficient (Wildman–Crippen LogP) is 3.44. The number of nitro groups is 1. The van der Waals surface area contributed by atoms with E-state index >= 15 is 0 Å². The van der Waals surface area contributed by atoms with Crippen molar-refractivity contribution >= 4 is 39.3 Å². The molecule has 0 fully saturated rings. The normalized spacial score (nSPS) is 11.4. The Bertz CT molecular complexity index is 1280. The van der Waals surface area contributed by atoms with Crippen molar-refractivity contribution in [3.8, 4) is 0 Å². The number of rotatable bonds is 8. The first-order valence-corrected chi connectivity index (χ1v) is 10.1. The van der Waals surface area contributed by atoms with E-state index in [9.17, 15) is 28.4 Å². The second-order valence-corrected chi connectivity index (χ2v) is 7.89. The van der Waals surface area contributed by atoms with E-state index < -0.39 is 31.5 Å². The van der Waals surface area contributed by atoms with Crippen molar-refractivity contribution in [2.24, 2.45) is 5.10 Å². The maximum Gasteiger partial charge on any atom is 0.337 e. The number of benzene rings is 2. The van der Waals surface area contributed by atoms with Crippen LogP contribution in [0.2, 0.25) is 0 Å². The number of hydrazone groups is 1. The Morgan fingerprint density at radius 3 is 2.55 bits per heavy atom. The Morgan fingerprint density at radius 1 is 1.16 bits per heavy atom. The molecule has 11 nitrogen and oxygen atoms in total. The number of nitrogens with one attached hydrogen (secondary N) is 2. The number of sulfonamides is 1. The standard InChI is InChI=1S/C19H16N4O7S/c1-12-6-7-13(30-12)11-20-21-17-9-8-14(10-18(17)23(26)27)31(28,29)22-16-5-3-2-4-15(16)19(24)25/h2-11,21-22H,1H3,(H,24,25). The van der Waals surface area contributed by atoms with Gasteiger partial charge in [-0.05, 0) is 43.3 Å². The number of furan rings is 1. The lowest BCUT2D eigenvalue weighted by molar-refractivity contribution is -0.384. The minimum absolute atomic E-state index is 0.0468. The van der Waals surface area contributed by atoms with E-state index in [0.717, 1.165) is 12.1 Å². The van der Waals surface area contributed by atoms with Crippen LogP contribution in [0.5, 0.6) is 0 Å². The summed E-state index contributed by atoms with van der Waals surface area (Å²) >= 11 is 0. The first-order valence-electron chi connectivity index (χ1n) is 8.66. The lowest BCUT2D eigenvalue weighted by Crippen LogP contribution is -2.16. The Kier molecular flexibility index (Phi) is 6.02. The highest BCUT2D eigenvalue weighted by Gasteiger charge is 2.23. The quantitative estimate of drug-likeness (QED) is 0.270. The number of para-hydroxylation sites is 1. The van der Waals surface area contributed by atoms with Gasteiger partial charge in [0, 0.05) is 6.07 Å². The highest BCUT2D eigenvalue weighted by atomic mass is 32.2. The summed E-state index contributed by atoms with van der Waals surface area (Å²) in [4.78, 5) is 21.5. The average molecular weight is 444 g/mol. The molecule has 3 rings (SSSR count). The monoisotopic (exact) mass is 444 g/mol. The van der Waals surface area contributed by atoms with Gasteiger partial charge in [-0.25, -0.2) is 13.2 Å². The first kappa shape index (κ1) is 21.5. The third-order valence-electron chi connectivity index (χ3n) is 4.02. The fourth-order valence-corrected chi connectivity index (χ4v) is 3.67. The Labute approximate surface area is 176 Å². The van der Waals surface area contributed by atoms with Gasteiger partial charge in [0.15, 0.2) is 0 Å².